The molecule has 4 bridgehead atoms. The number of carbonyl (C=O) groups excluding carboxylic acids is 1. The lowest BCUT2D eigenvalue weighted by molar-refractivity contribution is -0.137. The van der Waals surface area contributed by atoms with Gasteiger partial charge in [0.2, 0.25) is 5.91 Å². The lowest BCUT2D eigenvalue weighted by Gasteiger charge is -2.40. The summed E-state index contributed by atoms with van der Waals surface area (Å²) in [5, 5.41) is 3.43. The molecule has 1 amide bonds. The SMILES string of the molecule is NCC1CCC(NC(=O)C23CC4C[C@]2(CCF)C[C@@]4(c2ccccc2)C3)CC1. The molecule has 0 saturated heterocycles. The second kappa shape index (κ2) is 6.55. The maximum absolute atomic E-state index is 13.7. The Bertz CT molecular complexity index is 746. The molecular weight excluding hydrogens is 351 g/mol. The van der Waals surface area contributed by atoms with Crippen LogP contribution in [0.4, 0.5) is 4.39 Å². The monoisotopic (exact) mass is 384 g/mol. The molecule has 4 atom stereocenters. The van der Waals surface area contributed by atoms with E-state index in [1.165, 1.54) is 5.56 Å². The first-order chi connectivity index (χ1) is 13.6. The fourth-order valence-electron chi connectivity index (χ4n) is 7.86. The van der Waals surface area contributed by atoms with Gasteiger partial charge in [0.15, 0.2) is 0 Å². The van der Waals surface area contributed by atoms with E-state index in [0.29, 0.717) is 18.3 Å². The van der Waals surface area contributed by atoms with E-state index in [2.05, 4.69) is 35.6 Å². The van der Waals surface area contributed by atoms with Crippen molar-refractivity contribution in [3.63, 3.8) is 0 Å². The second-order valence-corrected chi connectivity index (χ2v) is 10.2. The van der Waals surface area contributed by atoms with E-state index in [1.807, 2.05) is 0 Å². The number of hydrogen-bond donors (Lipinski definition) is 2. The summed E-state index contributed by atoms with van der Waals surface area (Å²) in [5.74, 6) is 1.37. The number of amides is 1. The molecule has 6 rings (SSSR count). The van der Waals surface area contributed by atoms with Crippen molar-refractivity contribution in [3.05, 3.63) is 35.9 Å². The average Bonchev–Trinajstić information content (AvgIpc) is 3.39. The third-order valence-corrected chi connectivity index (χ3v) is 9.17. The summed E-state index contributed by atoms with van der Waals surface area (Å²) in [5.41, 5.74) is 6.78. The van der Waals surface area contributed by atoms with Crippen molar-refractivity contribution < 1.29 is 9.18 Å². The van der Waals surface area contributed by atoms with Gasteiger partial charge in [0.05, 0.1) is 12.1 Å². The van der Waals surface area contributed by atoms with Gasteiger partial charge in [-0.1, -0.05) is 30.3 Å². The Hall–Kier alpha value is -1.42. The Balaban J connectivity index is 1.40. The van der Waals surface area contributed by atoms with Gasteiger partial charge in [-0.2, -0.15) is 0 Å². The summed E-state index contributed by atoms with van der Waals surface area (Å²) in [6.07, 6.45) is 8.72. The Morgan fingerprint density at radius 1 is 1.11 bits per heavy atom. The molecule has 0 heterocycles. The molecule has 1 aromatic rings. The van der Waals surface area contributed by atoms with Crippen LogP contribution in [0.1, 0.15) is 63.4 Å². The van der Waals surface area contributed by atoms with Gasteiger partial charge in [0.25, 0.3) is 0 Å². The van der Waals surface area contributed by atoms with Crippen LogP contribution in [0.25, 0.3) is 0 Å². The van der Waals surface area contributed by atoms with Gasteiger partial charge in [0, 0.05) is 6.04 Å². The van der Waals surface area contributed by atoms with E-state index in [9.17, 15) is 9.18 Å². The maximum Gasteiger partial charge on any atom is 0.227 e. The molecule has 5 aliphatic rings. The lowest BCUT2D eigenvalue weighted by Crippen LogP contribution is -2.50. The summed E-state index contributed by atoms with van der Waals surface area (Å²) in [7, 11) is 0. The molecule has 0 spiro atoms. The Labute approximate surface area is 167 Å². The van der Waals surface area contributed by atoms with Crippen molar-refractivity contribution in [3.8, 4) is 0 Å². The highest BCUT2D eigenvalue weighted by Crippen LogP contribution is 2.82. The summed E-state index contributed by atoms with van der Waals surface area (Å²) >= 11 is 0. The second-order valence-electron chi connectivity index (χ2n) is 10.2. The van der Waals surface area contributed by atoms with Crippen molar-refractivity contribution >= 4 is 5.91 Å². The zero-order valence-corrected chi connectivity index (χ0v) is 16.8. The number of alkyl halides is 1. The number of halogens is 1. The minimum absolute atomic E-state index is 0.0883. The van der Waals surface area contributed by atoms with Crippen LogP contribution in [-0.2, 0) is 10.2 Å². The van der Waals surface area contributed by atoms with Crippen LogP contribution in [-0.4, -0.2) is 25.2 Å². The van der Waals surface area contributed by atoms with Gasteiger partial charge in [-0.25, -0.2) is 0 Å². The van der Waals surface area contributed by atoms with Gasteiger partial charge in [-0.15, -0.1) is 0 Å². The predicted molar refractivity (Wildman–Crippen MR) is 108 cm³/mol. The summed E-state index contributed by atoms with van der Waals surface area (Å²) in [4.78, 5) is 13.7. The van der Waals surface area contributed by atoms with E-state index in [4.69, 9.17) is 5.73 Å². The molecule has 5 saturated carbocycles. The van der Waals surface area contributed by atoms with Gasteiger partial charge in [-0.3, -0.25) is 9.18 Å². The van der Waals surface area contributed by atoms with Crippen LogP contribution in [0, 0.1) is 22.7 Å². The number of benzene rings is 1. The van der Waals surface area contributed by atoms with E-state index in [0.717, 1.165) is 57.9 Å². The lowest BCUT2D eigenvalue weighted by atomic mass is 9.65. The molecule has 3 N–H and O–H groups in total. The van der Waals surface area contributed by atoms with Crippen molar-refractivity contribution in [2.75, 3.05) is 13.2 Å². The third kappa shape index (κ3) is 2.39. The van der Waals surface area contributed by atoms with Crippen molar-refractivity contribution in [2.24, 2.45) is 28.4 Å². The van der Waals surface area contributed by atoms with Crippen LogP contribution in [0.15, 0.2) is 30.3 Å². The normalized spacial score (nSPS) is 43.6. The van der Waals surface area contributed by atoms with Crippen LogP contribution >= 0.6 is 0 Å². The quantitative estimate of drug-likeness (QED) is 0.776. The Morgan fingerprint density at radius 2 is 1.86 bits per heavy atom. The number of hydrogen-bond acceptors (Lipinski definition) is 2. The van der Waals surface area contributed by atoms with Crippen molar-refractivity contribution in [1.29, 1.82) is 0 Å². The minimum Gasteiger partial charge on any atom is -0.353 e. The highest BCUT2D eigenvalue weighted by Gasteiger charge is 2.79. The summed E-state index contributed by atoms with van der Waals surface area (Å²) in [6.45, 7) is 0.444. The zero-order valence-electron chi connectivity index (χ0n) is 16.8. The molecule has 3 nitrogen and oxygen atoms in total. The van der Waals surface area contributed by atoms with Gasteiger partial charge in [-0.05, 0) is 92.6 Å². The largest absolute Gasteiger partial charge is 0.353 e. The van der Waals surface area contributed by atoms with Crippen LogP contribution < -0.4 is 11.1 Å². The summed E-state index contributed by atoms with van der Waals surface area (Å²) < 4.78 is 13.6. The number of carbonyl (C=O) groups is 1. The van der Waals surface area contributed by atoms with Crippen LogP contribution in [0.2, 0.25) is 0 Å². The first kappa shape index (κ1) is 18.6. The highest BCUT2D eigenvalue weighted by molar-refractivity contribution is 5.86. The van der Waals surface area contributed by atoms with Crippen LogP contribution in [0.5, 0.6) is 0 Å². The zero-order chi connectivity index (χ0) is 19.4. The van der Waals surface area contributed by atoms with E-state index in [-0.39, 0.29) is 34.9 Å². The number of rotatable bonds is 6. The predicted octanol–water partition coefficient (Wildman–Crippen LogP) is 4.11. The molecule has 5 fully saturated rings. The molecule has 0 aliphatic heterocycles. The van der Waals surface area contributed by atoms with Crippen LogP contribution in [0.3, 0.4) is 0 Å². The summed E-state index contributed by atoms with van der Waals surface area (Å²) in [6, 6.07) is 11.0. The van der Waals surface area contributed by atoms with E-state index in [1.54, 1.807) is 0 Å². The molecule has 152 valence electrons. The molecule has 1 aromatic carbocycles. The number of nitrogens with two attached hydrogens (primary N) is 1. The first-order valence-electron chi connectivity index (χ1n) is 11.2. The number of nitrogens with one attached hydrogen (secondary N) is 1. The van der Waals surface area contributed by atoms with Crippen molar-refractivity contribution in [1.82, 2.24) is 5.32 Å². The topological polar surface area (TPSA) is 55.1 Å². The fraction of sp³-hybridized carbons (Fsp3) is 0.708. The first-order valence-corrected chi connectivity index (χ1v) is 11.2. The molecule has 4 heteroatoms. The van der Waals surface area contributed by atoms with Gasteiger partial charge < -0.3 is 11.1 Å². The third-order valence-electron chi connectivity index (χ3n) is 9.17. The van der Waals surface area contributed by atoms with Gasteiger partial charge in [0.1, 0.15) is 0 Å². The fourth-order valence-corrected chi connectivity index (χ4v) is 7.86. The van der Waals surface area contributed by atoms with E-state index < -0.39 is 0 Å². The Morgan fingerprint density at radius 3 is 2.54 bits per heavy atom. The standard InChI is InChI=1S/C24H33FN2O/c25-11-10-22-12-19-13-24(22,16-23(19,15-22)18-4-2-1-3-5-18)21(28)27-20-8-6-17(14-26)7-9-20/h1-5,17,19-20H,6-16,26H2,(H,27,28)/t17?,19?,20?,22-,23+,24?/m1/s1. The minimum atomic E-state index is -0.357. The molecule has 28 heavy (non-hydrogen) atoms. The molecule has 2 unspecified atom stereocenters. The molecular formula is C24H33FN2O. The van der Waals surface area contributed by atoms with Gasteiger partial charge >= 0.3 is 0 Å². The molecule has 0 aromatic heterocycles. The smallest absolute Gasteiger partial charge is 0.227 e. The average molecular weight is 385 g/mol. The maximum atomic E-state index is 13.7. The Kier molecular flexibility index (Phi) is 4.35. The molecule has 0 radical (unpaired) electrons. The van der Waals surface area contributed by atoms with E-state index >= 15 is 0 Å². The molecule has 5 aliphatic carbocycles. The highest BCUT2D eigenvalue weighted by atomic mass is 19.1. The van der Waals surface area contributed by atoms with Crippen molar-refractivity contribution in [2.45, 2.75) is 69.2 Å².